The summed E-state index contributed by atoms with van der Waals surface area (Å²) < 4.78 is 6.94. The van der Waals surface area contributed by atoms with Crippen LogP contribution in [0.5, 0.6) is 0 Å². The van der Waals surface area contributed by atoms with Crippen LogP contribution in [0.2, 0.25) is 0 Å². The minimum atomic E-state index is -0.220. The molecule has 23 heavy (non-hydrogen) atoms. The van der Waals surface area contributed by atoms with Crippen LogP contribution < -0.4 is 0 Å². The highest BCUT2D eigenvalue weighted by atomic mass is 32.1. The molecule has 0 spiro atoms. The van der Waals surface area contributed by atoms with Crippen LogP contribution in [0.3, 0.4) is 0 Å². The van der Waals surface area contributed by atoms with Crippen molar-refractivity contribution in [2.24, 2.45) is 0 Å². The lowest BCUT2D eigenvalue weighted by molar-refractivity contribution is 0.0770. The van der Waals surface area contributed by atoms with E-state index in [9.17, 15) is 4.79 Å². The van der Waals surface area contributed by atoms with Gasteiger partial charge in [-0.15, -0.1) is 16.4 Å². The summed E-state index contributed by atoms with van der Waals surface area (Å²) in [6, 6.07) is 0. The second-order valence-electron chi connectivity index (χ2n) is 6.40. The van der Waals surface area contributed by atoms with Gasteiger partial charge in [-0.1, -0.05) is 0 Å². The Hall–Kier alpha value is -1.80. The smallest absolute Gasteiger partial charge is 0.293 e. The van der Waals surface area contributed by atoms with E-state index in [0.717, 1.165) is 10.7 Å². The van der Waals surface area contributed by atoms with Crippen molar-refractivity contribution >= 4 is 17.2 Å². The Bertz CT molecular complexity index is 673. The van der Waals surface area contributed by atoms with E-state index in [4.69, 9.17) is 4.74 Å². The Labute approximate surface area is 140 Å². The molecule has 2 aromatic heterocycles. The first-order chi connectivity index (χ1) is 10.7. The number of aromatic nitrogens is 4. The second-order valence-corrected chi connectivity index (χ2v) is 7.29. The summed E-state index contributed by atoms with van der Waals surface area (Å²) in [4.78, 5) is 22.6. The normalized spacial score (nSPS) is 13.1. The molecule has 2 heterocycles. The first-order valence-electron chi connectivity index (χ1n) is 7.37. The third-order valence-electron chi connectivity index (χ3n) is 3.39. The van der Waals surface area contributed by atoms with E-state index in [1.807, 2.05) is 33.1 Å². The molecule has 1 atom stereocenters. The molecule has 0 saturated heterocycles. The lowest BCUT2D eigenvalue weighted by Gasteiger charge is -2.18. The fourth-order valence-electron chi connectivity index (χ4n) is 1.85. The highest BCUT2D eigenvalue weighted by Gasteiger charge is 2.21. The van der Waals surface area contributed by atoms with Crippen molar-refractivity contribution < 1.29 is 9.53 Å². The van der Waals surface area contributed by atoms with Crippen molar-refractivity contribution in [1.29, 1.82) is 0 Å². The average molecular weight is 337 g/mol. The average Bonchev–Trinajstić information content (AvgIpc) is 3.14. The zero-order chi connectivity index (χ0) is 17.2. The zero-order valence-corrected chi connectivity index (χ0v) is 15.2. The largest absolute Gasteiger partial charge is 0.375 e. The first kappa shape index (κ1) is 17.6. The Kier molecular flexibility index (Phi) is 5.16. The summed E-state index contributed by atoms with van der Waals surface area (Å²) in [5.41, 5.74) is 0.629. The number of methoxy groups -OCH3 is 1. The molecule has 1 unspecified atom stereocenters. The number of ether oxygens (including phenoxy) is 1. The number of amides is 1. The molecule has 2 rings (SSSR count). The van der Waals surface area contributed by atoms with Gasteiger partial charge in [0.25, 0.3) is 5.91 Å². The molecule has 7 nitrogen and oxygen atoms in total. The Morgan fingerprint density at radius 1 is 1.48 bits per heavy atom. The molecule has 0 aromatic carbocycles. The van der Waals surface area contributed by atoms with Gasteiger partial charge in [-0.05, 0) is 27.7 Å². The van der Waals surface area contributed by atoms with E-state index >= 15 is 0 Å². The molecule has 126 valence electrons. The van der Waals surface area contributed by atoms with Crippen LogP contribution in [-0.2, 0) is 16.8 Å². The number of thiazole rings is 1. The molecule has 0 bridgehead atoms. The number of hydrogen-bond donors (Lipinski definition) is 0. The SMILES string of the molecule is COC(C)c1nc(CN(C)C(=O)c2ncn(C(C)(C)C)n2)cs1. The first-order valence-corrected chi connectivity index (χ1v) is 8.25. The zero-order valence-electron chi connectivity index (χ0n) is 14.4. The van der Waals surface area contributed by atoms with Crippen LogP contribution in [0.25, 0.3) is 0 Å². The Balaban J connectivity index is 2.05. The van der Waals surface area contributed by atoms with Crippen LogP contribution in [0.1, 0.15) is 55.1 Å². The fraction of sp³-hybridized carbons (Fsp3) is 0.600. The number of rotatable bonds is 5. The summed E-state index contributed by atoms with van der Waals surface area (Å²) in [7, 11) is 3.37. The summed E-state index contributed by atoms with van der Waals surface area (Å²) >= 11 is 1.53. The molecular weight excluding hydrogens is 314 g/mol. The molecule has 0 aliphatic rings. The van der Waals surface area contributed by atoms with Crippen LogP contribution in [-0.4, -0.2) is 44.7 Å². The molecule has 0 radical (unpaired) electrons. The molecule has 8 heteroatoms. The van der Waals surface area contributed by atoms with Crippen molar-refractivity contribution in [3.63, 3.8) is 0 Å². The molecule has 0 N–H and O–H groups in total. The quantitative estimate of drug-likeness (QED) is 0.838. The van der Waals surface area contributed by atoms with E-state index in [1.54, 1.807) is 30.1 Å². The third kappa shape index (κ3) is 4.14. The lowest BCUT2D eigenvalue weighted by atomic mass is 10.1. The van der Waals surface area contributed by atoms with E-state index in [2.05, 4.69) is 15.1 Å². The van der Waals surface area contributed by atoms with E-state index in [0.29, 0.717) is 6.54 Å². The Morgan fingerprint density at radius 2 is 2.17 bits per heavy atom. The summed E-state index contributed by atoms with van der Waals surface area (Å²) in [5.74, 6) is -0.0227. The van der Waals surface area contributed by atoms with Gasteiger partial charge in [0.05, 0.1) is 17.8 Å². The third-order valence-corrected chi connectivity index (χ3v) is 4.44. The molecular formula is C15H23N5O2S. The monoisotopic (exact) mass is 337 g/mol. The van der Waals surface area contributed by atoms with Crippen LogP contribution in [0, 0.1) is 0 Å². The van der Waals surface area contributed by atoms with Gasteiger partial charge in [0, 0.05) is 19.5 Å². The molecule has 0 saturated carbocycles. The lowest BCUT2D eigenvalue weighted by Crippen LogP contribution is -2.28. The highest BCUT2D eigenvalue weighted by Crippen LogP contribution is 2.21. The summed E-state index contributed by atoms with van der Waals surface area (Å²) in [5, 5.41) is 7.11. The summed E-state index contributed by atoms with van der Waals surface area (Å²) in [6.45, 7) is 8.38. The predicted octanol–water partition coefficient (Wildman–Crippen LogP) is 2.47. The predicted molar refractivity (Wildman–Crippen MR) is 88.4 cm³/mol. The van der Waals surface area contributed by atoms with Crippen LogP contribution >= 0.6 is 11.3 Å². The molecule has 1 amide bonds. The van der Waals surface area contributed by atoms with Gasteiger partial charge >= 0.3 is 0 Å². The van der Waals surface area contributed by atoms with Gasteiger partial charge in [-0.3, -0.25) is 4.79 Å². The maximum absolute atomic E-state index is 12.4. The van der Waals surface area contributed by atoms with Crippen LogP contribution in [0.4, 0.5) is 0 Å². The van der Waals surface area contributed by atoms with Gasteiger partial charge in [0.1, 0.15) is 17.4 Å². The van der Waals surface area contributed by atoms with Crippen molar-refractivity contribution in [3.8, 4) is 0 Å². The van der Waals surface area contributed by atoms with Crippen molar-refractivity contribution in [1.82, 2.24) is 24.6 Å². The van der Waals surface area contributed by atoms with E-state index in [-0.39, 0.29) is 23.4 Å². The number of hydrogen-bond acceptors (Lipinski definition) is 6. The molecule has 2 aromatic rings. The molecule has 0 aliphatic carbocycles. The van der Waals surface area contributed by atoms with Gasteiger partial charge in [-0.25, -0.2) is 14.6 Å². The maximum atomic E-state index is 12.4. The molecule has 0 aliphatic heterocycles. The van der Waals surface area contributed by atoms with Gasteiger partial charge in [0.2, 0.25) is 5.82 Å². The highest BCUT2D eigenvalue weighted by molar-refractivity contribution is 7.09. The minimum absolute atomic E-state index is 0.0427. The van der Waals surface area contributed by atoms with Crippen molar-refractivity contribution in [2.75, 3.05) is 14.2 Å². The van der Waals surface area contributed by atoms with Gasteiger partial charge in [0.15, 0.2) is 0 Å². The van der Waals surface area contributed by atoms with Crippen molar-refractivity contribution in [2.45, 2.75) is 45.9 Å². The fourth-order valence-corrected chi connectivity index (χ4v) is 2.69. The molecule has 0 fully saturated rings. The maximum Gasteiger partial charge on any atom is 0.293 e. The second kappa shape index (κ2) is 6.76. The Morgan fingerprint density at radius 3 is 2.74 bits per heavy atom. The van der Waals surface area contributed by atoms with E-state index < -0.39 is 0 Å². The number of carbonyl (C=O) groups is 1. The van der Waals surface area contributed by atoms with Gasteiger partial charge < -0.3 is 9.64 Å². The number of carbonyl (C=O) groups excluding carboxylic acids is 1. The van der Waals surface area contributed by atoms with Gasteiger partial charge in [-0.2, -0.15) is 0 Å². The number of nitrogens with zero attached hydrogens (tertiary/aromatic N) is 5. The van der Waals surface area contributed by atoms with Crippen LogP contribution in [0.15, 0.2) is 11.7 Å². The standard InChI is InChI=1S/C15H23N5O2S/c1-10(22-6)13-17-11(8-23-13)7-19(5)14(21)12-16-9-20(18-12)15(2,3)4/h8-10H,7H2,1-6H3. The van der Waals surface area contributed by atoms with Crippen molar-refractivity contribution in [3.05, 3.63) is 28.2 Å². The summed E-state index contributed by atoms with van der Waals surface area (Å²) in [6.07, 6.45) is 1.54. The minimum Gasteiger partial charge on any atom is -0.375 e. The van der Waals surface area contributed by atoms with E-state index in [1.165, 1.54) is 11.3 Å². The topological polar surface area (TPSA) is 73.1 Å².